The van der Waals surface area contributed by atoms with Crippen LogP contribution in [0.2, 0.25) is 0 Å². The van der Waals surface area contributed by atoms with E-state index in [2.05, 4.69) is 76.6 Å². The van der Waals surface area contributed by atoms with Crippen molar-refractivity contribution in [2.24, 2.45) is 0 Å². The van der Waals surface area contributed by atoms with E-state index in [1.807, 2.05) is 30.3 Å². The first-order valence-electron chi connectivity index (χ1n) is 6.12. The van der Waals surface area contributed by atoms with Gasteiger partial charge in [0.25, 0.3) is 0 Å². The molecule has 0 aliphatic rings. The minimum absolute atomic E-state index is 0.466. The van der Waals surface area contributed by atoms with Gasteiger partial charge in [0.1, 0.15) is 0 Å². The first-order chi connectivity index (χ1) is 9.06. The maximum Gasteiger partial charge on any atom is 0.0369 e. The molecular weight excluding hydrogens is 364 g/mol. The number of hydrogen-bond donors (Lipinski definition) is 0. The summed E-state index contributed by atoms with van der Waals surface area (Å²) in [5, 5.41) is 0. The molecule has 0 spiro atoms. The van der Waals surface area contributed by atoms with Crippen LogP contribution >= 0.6 is 31.9 Å². The van der Waals surface area contributed by atoms with Gasteiger partial charge in [0, 0.05) is 9.30 Å². The van der Waals surface area contributed by atoms with Gasteiger partial charge in [-0.15, -0.1) is 0 Å². The van der Waals surface area contributed by atoms with Crippen molar-refractivity contribution in [1.82, 2.24) is 0 Å². The third kappa shape index (κ3) is 5.33. The fourth-order valence-corrected chi connectivity index (χ4v) is 2.63. The Morgan fingerprint density at radius 2 is 1.63 bits per heavy atom. The summed E-state index contributed by atoms with van der Waals surface area (Å²) in [6, 6.07) is 16.4. The van der Waals surface area contributed by atoms with E-state index in [9.17, 15) is 0 Å². The van der Waals surface area contributed by atoms with Crippen molar-refractivity contribution in [2.75, 3.05) is 0 Å². The zero-order valence-corrected chi connectivity index (χ0v) is 14.4. The number of halogens is 2. The number of alkyl halides is 1. The lowest BCUT2D eigenvalue weighted by Gasteiger charge is -2.05. The van der Waals surface area contributed by atoms with Gasteiger partial charge in [-0.2, -0.15) is 0 Å². The maximum atomic E-state index is 3.66. The molecule has 2 heteroatoms. The molecular formula is C17H18Br2. The second-order valence-electron chi connectivity index (χ2n) is 4.20. The molecule has 0 heterocycles. The zero-order valence-electron chi connectivity index (χ0n) is 11.2. The van der Waals surface area contributed by atoms with Crippen LogP contribution in [0.25, 0.3) is 6.08 Å². The molecule has 0 radical (unpaired) electrons. The van der Waals surface area contributed by atoms with Crippen LogP contribution in [0.4, 0.5) is 0 Å². The normalized spacial score (nSPS) is 11.2. The predicted octanol–water partition coefficient (Wildman–Crippen LogP) is 6.54. The second-order valence-corrected chi connectivity index (χ2v) is 6.43. The summed E-state index contributed by atoms with van der Waals surface area (Å²) in [4.78, 5) is 0.466. The minimum Gasteiger partial charge on any atom is -0.0984 e. The summed E-state index contributed by atoms with van der Waals surface area (Å²) in [5.74, 6) is 0. The SMILES string of the molecule is C=Cc1ccccc1Br.Cc1ccccc1C(C)Br. The molecule has 0 aromatic heterocycles. The fraction of sp³-hybridized carbons (Fsp3) is 0.176. The van der Waals surface area contributed by atoms with E-state index >= 15 is 0 Å². The molecule has 0 N–H and O–H groups in total. The number of hydrogen-bond acceptors (Lipinski definition) is 0. The summed E-state index contributed by atoms with van der Waals surface area (Å²) in [7, 11) is 0. The third-order valence-electron chi connectivity index (χ3n) is 2.74. The van der Waals surface area contributed by atoms with E-state index in [0.29, 0.717) is 4.83 Å². The van der Waals surface area contributed by atoms with E-state index in [1.165, 1.54) is 11.1 Å². The highest BCUT2D eigenvalue weighted by molar-refractivity contribution is 9.10. The molecule has 2 aromatic rings. The highest BCUT2D eigenvalue weighted by Gasteiger charge is 2.01. The molecule has 0 aliphatic heterocycles. The minimum atomic E-state index is 0.466. The molecule has 0 nitrogen and oxygen atoms in total. The Hall–Kier alpha value is -0.860. The molecule has 19 heavy (non-hydrogen) atoms. The van der Waals surface area contributed by atoms with Gasteiger partial charge < -0.3 is 0 Å². The van der Waals surface area contributed by atoms with Crippen molar-refractivity contribution in [2.45, 2.75) is 18.7 Å². The van der Waals surface area contributed by atoms with E-state index in [4.69, 9.17) is 0 Å². The van der Waals surface area contributed by atoms with Crippen LogP contribution in [-0.2, 0) is 0 Å². The Kier molecular flexibility index (Phi) is 7.11. The van der Waals surface area contributed by atoms with Gasteiger partial charge in [-0.1, -0.05) is 87.0 Å². The molecule has 0 aliphatic carbocycles. The summed E-state index contributed by atoms with van der Waals surface area (Å²) >= 11 is 6.92. The first kappa shape index (κ1) is 16.2. The average Bonchev–Trinajstić information content (AvgIpc) is 2.40. The van der Waals surface area contributed by atoms with Crippen molar-refractivity contribution in [3.05, 3.63) is 76.3 Å². The van der Waals surface area contributed by atoms with Gasteiger partial charge >= 0.3 is 0 Å². The summed E-state index contributed by atoms with van der Waals surface area (Å²) in [6.07, 6.45) is 1.82. The molecule has 2 aromatic carbocycles. The number of aryl methyl sites for hydroxylation is 1. The summed E-state index contributed by atoms with van der Waals surface area (Å²) in [6.45, 7) is 7.94. The van der Waals surface area contributed by atoms with Crippen molar-refractivity contribution >= 4 is 37.9 Å². The topological polar surface area (TPSA) is 0 Å². The third-order valence-corrected chi connectivity index (χ3v) is 3.96. The molecule has 0 saturated heterocycles. The average molecular weight is 382 g/mol. The highest BCUT2D eigenvalue weighted by atomic mass is 79.9. The Labute approximate surface area is 132 Å². The van der Waals surface area contributed by atoms with E-state index in [-0.39, 0.29) is 0 Å². The van der Waals surface area contributed by atoms with E-state index in [0.717, 1.165) is 10.0 Å². The molecule has 100 valence electrons. The van der Waals surface area contributed by atoms with Crippen LogP contribution in [-0.4, -0.2) is 0 Å². The summed E-state index contributed by atoms with van der Waals surface area (Å²) in [5.41, 5.74) is 3.87. The molecule has 0 bridgehead atoms. The molecule has 1 unspecified atom stereocenters. The monoisotopic (exact) mass is 380 g/mol. The highest BCUT2D eigenvalue weighted by Crippen LogP contribution is 2.23. The Bertz CT molecular complexity index is 530. The summed E-state index contributed by atoms with van der Waals surface area (Å²) < 4.78 is 1.10. The fourth-order valence-electron chi connectivity index (χ4n) is 1.67. The van der Waals surface area contributed by atoms with E-state index in [1.54, 1.807) is 0 Å². The van der Waals surface area contributed by atoms with Crippen LogP contribution < -0.4 is 0 Å². The maximum absolute atomic E-state index is 3.66. The van der Waals surface area contributed by atoms with Gasteiger partial charge in [-0.3, -0.25) is 0 Å². The smallest absolute Gasteiger partial charge is 0.0369 e. The second kappa shape index (κ2) is 8.34. The molecule has 2 rings (SSSR count). The Balaban J connectivity index is 0.000000191. The van der Waals surface area contributed by atoms with Crippen molar-refractivity contribution in [1.29, 1.82) is 0 Å². The molecule has 1 atom stereocenters. The number of rotatable bonds is 2. The first-order valence-corrected chi connectivity index (χ1v) is 7.83. The molecule has 0 fully saturated rings. The van der Waals surface area contributed by atoms with Gasteiger partial charge in [0.05, 0.1) is 0 Å². The van der Waals surface area contributed by atoms with Gasteiger partial charge in [0.15, 0.2) is 0 Å². The lowest BCUT2D eigenvalue weighted by atomic mass is 10.1. The Morgan fingerprint density at radius 3 is 2.05 bits per heavy atom. The van der Waals surface area contributed by atoms with Gasteiger partial charge in [0.2, 0.25) is 0 Å². The standard InChI is InChI=1S/C9H11Br.C8H7Br/c1-7-5-3-4-6-9(7)8(2)10;1-2-7-5-3-4-6-8(7)9/h3-6,8H,1-2H3;2-6H,1H2. The molecule has 0 amide bonds. The van der Waals surface area contributed by atoms with Crippen molar-refractivity contribution in [3.8, 4) is 0 Å². The van der Waals surface area contributed by atoms with E-state index < -0.39 is 0 Å². The van der Waals surface area contributed by atoms with Gasteiger partial charge in [-0.05, 0) is 36.6 Å². The van der Waals surface area contributed by atoms with Crippen molar-refractivity contribution in [3.63, 3.8) is 0 Å². The molecule has 0 saturated carbocycles. The largest absolute Gasteiger partial charge is 0.0984 e. The lowest BCUT2D eigenvalue weighted by Crippen LogP contribution is -1.86. The van der Waals surface area contributed by atoms with Crippen LogP contribution in [0.15, 0.2) is 59.6 Å². The Morgan fingerprint density at radius 1 is 1.05 bits per heavy atom. The zero-order chi connectivity index (χ0) is 14.3. The van der Waals surface area contributed by atoms with Crippen LogP contribution in [0.3, 0.4) is 0 Å². The van der Waals surface area contributed by atoms with Crippen LogP contribution in [0.5, 0.6) is 0 Å². The van der Waals surface area contributed by atoms with Crippen LogP contribution in [0.1, 0.15) is 28.4 Å². The van der Waals surface area contributed by atoms with Gasteiger partial charge in [-0.25, -0.2) is 0 Å². The predicted molar refractivity (Wildman–Crippen MR) is 92.8 cm³/mol. The quantitative estimate of drug-likeness (QED) is 0.517. The van der Waals surface area contributed by atoms with Crippen molar-refractivity contribution < 1.29 is 0 Å². The number of benzene rings is 2. The van der Waals surface area contributed by atoms with Crippen LogP contribution in [0, 0.1) is 6.92 Å². The lowest BCUT2D eigenvalue weighted by molar-refractivity contribution is 1.10.